The lowest BCUT2D eigenvalue weighted by Crippen LogP contribution is -2.36. The van der Waals surface area contributed by atoms with Crippen LogP contribution in [-0.4, -0.2) is 31.2 Å². The molecule has 0 bridgehead atoms. The minimum absolute atomic E-state index is 0.137. The molecule has 0 aromatic carbocycles. The standard InChI is InChI=1S/C14H18N4O2/c19-13(10-14(20)6-2-1-3-7-14)17-12-4-8-15-11-5-9-16-18(11)12/h4-5,8-9,20H,1-3,6-7,10H2,(H,17,19). The van der Waals surface area contributed by atoms with Crippen molar-refractivity contribution < 1.29 is 9.90 Å². The van der Waals surface area contributed by atoms with E-state index in [0.29, 0.717) is 24.3 Å². The van der Waals surface area contributed by atoms with E-state index in [0.717, 1.165) is 19.3 Å². The van der Waals surface area contributed by atoms with E-state index >= 15 is 0 Å². The fourth-order valence-electron chi connectivity index (χ4n) is 2.80. The van der Waals surface area contributed by atoms with Gasteiger partial charge in [-0.05, 0) is 18.9 Å². The summed E-state index contributed by atoms with van der Waals surface area (Å²) in [6, 6.07) is 3.47. The summed E-state index contributed by atoms with van der Waals surface area (Å²) >= 11 is 0. The van der Waals surface area contributed by atoms with Crippen molar-refractivity contribution in [1.29, 1.82) is 0 Å². The minimum atomic E-state index is -0.849. The predicted octanol–water partition coefficient (Wildman–Crippen LogP) is 1.75. The fourth-order valence-corrected chi connectivity index (χ4v) is 2.80. The summed E-state index contributed by atoms with van der Waals surface area (Å²) in [7, 11) is 0. The Hall–Kier alpha value is -1.95. The van der Waals surface area contributed by atoms with Gasteiger partial charge in [-0.25, -0.2) is 4.98 Å². The highest BCUT2D eigenvalue weighted by Gasteiger charge is 2.31. The summed E-state index contributed by atoms with van der Waals surface area (Å²) < 4.78 is 1.57. The quantitative estimate of drug-likeness (QED) is 0.893. The third kappa shape index (κ3) is 2.65. The van der Waals surface area contributed by atoms with E-state index in [1.807, 2.05) is 0 Å². The number of amides is 1. The van der Waals surface area contributed by atoms with E-state index in [1.54, 1.807) is 29.0 Å². The molecule has 0 spiro atoms. The number of hydrogen-bond donors (Lipinski definition) is 2. The van der Waals surface area contributed by atoms with Gasteiger partial charge in [0.1, 0.15) is 5.82 Å². The van der Waals surface area contributed by atoms with Gasteiger partial charge in [-0.2, -0.15) is 9.61 Å². The lowest BCUT2D eigenvalue weighted by Gasteiger charge is -2.31. The van der Waals surface area contributed by atoms with Gasteiger partial charge in [-0.1, -0.05) is 19.3 Å². The van der Waals surface area contributed by atoms with Gasteiger partial charge in [0, 0.05) is 12.3 Å². The van der Waals surface area contributed by atoms with Gasteiger partial charge in [0.15, 0.2) is 5.65 Å². The number of nitrogens with one attached hydrogen (secondary N) is 1. The summed E-state index contributed by atoms with van der Waals surface area (Å²) in [6.07, 6.45) is 7.92. The highest BCUT2D eigenvalue weighted by Crippen LogP contribution is 2.31. The van der Waals surface area contributed by atoms with Crippen LogP contribution < -0.4 is 5.32 Å². The molecule has 6 nitrogen and oxygen atoms in total. The summed E-state index contributed by atoms with van der Waals surface area (Å²) in [4.78, 5) is 16.3. The normalized spacial score (nSPS) is 18.1. The van der Waals surface area contributed by atoms with E-state index in [2.05, 4.69) is 15.4 Å². The molecule has 1 amide bonds. The Bertz CT molecular complexity index is 616. The highest BCUT2D eigenvalue weighted by atomic mass is 16.3. The molecule has 0 aliphatic heterocycles. The molecule has 0 unspecified atom stereocenters. The van der Waals surface area contributed by atoms with E-state index in [9.17, 15) is 9.90 Å². The number of anilines is 1. The van der Waals surface area contributed by atoms with Crippen molar-refractivity contribution in [2.45, 2.75) is 44.1 Å². The van der Waals surface area contributed by atoms with Crippen molar-refractivity contribution in [3.05, 3.63) is 24.5 Å². The Morgan fingerprint density at radius 2 is 2.10 bits per heavy atom. The molecule has 1 fully saturated rings. The van der Waals surface area contributed by atoms with Gasteiger partial charge < -0.3 is 10.4 Å². The minimum Gasteiger partial charge on any atom is -0.389 e. The van der Waals surface area contributed by atoms with Crippen molar-refractivity contribution in [3.63, 3.8) is 0 Å². The zero-order chi connectivity index (χ0) is 14.0. The predicted molar refractivity (Wildman–Crippen MR) is 74.3 cm³/mol. The SMILES string of the molecule is O=C(CC1(O)CCCCC1)Nc1ccnc2ccnn12. The molecule has 2 aromatic heterocycles. The largest absolute Gasteiger partial charge is 0.389 e. The van der Waals surface area contributed by atoms with Crippen LogP contribution in [0.15, 0.2) is 24.5 Å². The van der Waals surface area contributed by atoms with Gasteiger partial charge in [0.2, 0.25) is 5.91 Å². The molecule has 0 radical (unpaired) electrons. The van der Waals surface area contributed by atoms with E-state index < -0.39 is 5.60 Å². The molecule has 0 saturated heterocycles. The summed E-state index contributed by atoms with van der Waals surface area (Å²) in [5, 5.41) is 17.3. The summed E-state index contributed by atoms with van der Waals surface area (Å²) in [5.41, 5.74) is -0.169. The second-order valence-electron chi connectivity index (χ2n) is 5.44. The van der Waals surface area contributed by atoms with Gasteiger partial charge in [-0.3, -0.25) is 4.79 Å². The first-order valence-electron chi connectivity index (χ1n) is 6.97. The van der Waals surface area contributed by atoms with Crippen LogP contribution in [0.25, 0.3) is 5.65 Å². The Morgan fingerprint density at radius 3 is 2.90 bits per heavy atom. The van der Waals surface area contributed by atoms with Crippen LogP contribution in [0.4, 0.5) is 5.82 Å². The van der Waals surface area contributed by atoms with Gasteiger partial charge in [-0.15, -0.1) is 0 Å². The average Bonchev–Trinajstić information content (AvgIpc) is 2.88. The summed E-state index contributed by atoms with van der Waals surface area (Å²) in [5.74, 6) is 0.391. The molecule has 1 saturated carbocycles. The molecule has 6 heteroatoms. The smallest absolute Gasteiger partial charge is 0.228 e. The molecular formula is C14H18N4O2. The lowest BCUT2D eigenvalue weighted by atomic mass is 9.82. The highest BCUT2D eigenvalue weighted by molar-refractivity contribution is 5.90. The lowest BCUT2D eigenvalue weighted by molar-refractivity contribution is -0.122. The van der Waals surface area contributed by atoms with E-state index in [-0.39, 0.29) is 12.3 Å². The second kappa shape index (κ2) is 5.20. The van der Waals surface area contributed by atoms with Crippen LogP contribution in [-0.2, 0) is 4.79 Å². The Balaban J connectivity index is 1.71. The number of fused-ring (bicyclic) bond motifs is 1. The topological polar surface area (TPSA) is 79.5 Å². The average molecular weight is 274 g/mol. The van der Waals surface area contributed by atoms with Crippen LogP contribution in [0, 0.1) is 0 Å². The molecule has 2 N–H and O–H groups in total. The first-order valence-corrected chi connectivity index (χ1v) is 6.97. The fraction of sp³-hybridized carbons (Fsp3) is 0.500. The number of hydrogen-bond acceptors (Lipinski definition) is 4. The monoisotopic (exact) mass is 274 g/mol. The Labute approximate surface area is 116 Å². The number of carbonyl (C=O) groups excluding carboxylic acids is 1. The van der Waals surface area contributed by atoms with Gasteiger partial charge in [0.05, 0.1) is 18.2 Å². The molecular weight excluding hydrogens is 256 g/mol. The number of carbonyl (C=O) groups is 1. The molecule has 2 aromatic rings. The van der Waals surface area contributed by atoms with Crippen LogP contribution in [0.3, 0.4) is 0 Å². The van der Waals surface area contributed by atoms with Crippen molar-refractivity contribution in [1.82, 2.24) is 14.6 Å². The first kappa shape index (κ1) is 13.1. The van der Waals surface area contributed by atoms with Crippen LogP contribution in [0.5, 0.6) is 0 Å². The van der Waals surface area contributed by atoms with E-state index in [4.69, 9.17) is 0 Å². The van der Waals surface area contributed by atoms with Crippen molar-refractivity contribution >= 4 is 17.4 Å². The van der Waals surface area contributed by atoms with Crippen molar-refractivity contribution in [2.24, 2.45) is 0 Å². The maximum Gasteiger partial charge on any atom is 0.228 e. The number of aromatic nitrogens is 3. The van der Waals surface area contributed by atoms with Crippen molar-refractivity contribution in [3.8, 4) is 0 Å². The zero-order valence-corrected chi connectivity index (χ0v) is 11.2. The molecule has 1 aliphatic rings. The van der Waals surface area contributed by atoms with Crippen LogP contribution in [0.1, 0.15) is 38.5 Å². The van der Waals surface area contributed by atoms with Crippen molar-refractivity contribution in [2.75, 3.05) is 5.32 Å². The van der Waals surface area contributed by atoms with E-state index in [1.165, 1.54) is 0 Å². The number of rotatable bonds is 3. The molecule has 20 heavy (non-hydrogen) atoms. The molecule has 0 atom stereocenters. The maximum absolute atomic E-state index is 12.1. The Morgan fingerprint density at radius 1 is 1.30 bits per heavy atom. The molecule has 1 aliphatic carbocycles. The molecule has 106 valence electrons. The maximum atomic E-state index is 12.1. The first-order chi connectivity index (χ1) is 9.66. The Kier molecular flexibility index (Phi) is 3.40. The summed E-state index contributed by atoms with van der Waals surface area (Å²) in [6.45, 7) is 0. The van der Waals surface area contributed by atoms with Gasteiger partial charge >= 0.3 is 0 Å². The second-order valence-corrected chi connectivity index (χ2v) is 5.44. The number of nitrogens with zero attached hydrogens (tertiary/aromatic N) is 3. The van der Waals surface area contributed by atoms with Crippen LogP contribution >= 0.6 is 0 Å². The third-order valence-corrected chi connectivity index (χ3v) is 3.83. The number of aliphatic hydroxyl groups is 1. The zero-order valence-electron chi connectivity index (χ0n) is 11.2. The third-order valence-electron chi connectivity index (χ3n) is 3.83. The molecule has 2 heterocycles. The van der Waals surface area contributed by atoms with Gasteiger partial charge in [0.25, 0.3) is 0 Å². The van der Waals surface area contributed by atoms with Crippen LogP contribution in [0.2, 0.25) is 0 Å². The molecule has 3 rings (SSSR count).